The van der Waals surface area contributed by atoms with E-state index in [1.54, 1.807) is 36.4 Å². The zero-order valence-electron chi connectivity index (χ0n) is 12.0. The zero-order valence-corrected chi connectivity index (χ0v) is 12.0. The van der Waals surface area contributed by atoms with Gasteiger partial charge in [0.15, 0.2) is 0 Å². The smallest absolute Gasteiger partial charge is 0.308 e. The number of aldehydes is 1. The van der Waals surface area contributed by atoms with E-state index in [2.05, 4.69) is 5.32 Å². The number of benzene rings is 2. The number of hydrogen-bond donors (Lipinski definition) is 1. The first-order valence-corrected chi connectivity index (χ1v) is 6.70. The molecule has 0 radical (unpaired) electrons. The second kappa shape index (κ2) is 7.17. The zero-order chi connectivity index (χ0) is 15.9. The van der Waals surface area contributed by atoms with Gasteiger partial charge >= 0.3 is 5.97 Å². The van der Waals surface area contributed by atoms with Crippen LogP contribution in [0.3, 0.4) is 0 Å². The number of rotatable bonds is 5. The molecule has 1 amide bonds. The number of hydrogen-bond acceptors (Lipinski definition) is 4. The summed E-state index contributed by atoms with van der Waals surface area (Å²) in [6.45, 7) is 1.44. The van der Waals surface area contributed by atoms with Gasteiger partial charge in [0.2, 0.25) is 0 Å². The summed E-state index contributed by atoms with van der Waals surface area (Å²) in [4.78, 5) is 34.0. The Balaban J connectivity index is 2.15. The molecule has 1 N–H and O–H groups in total. The normalized spacial score (nSPS) is 9.86. The average Bonchev–Trinajstić information content (AvgIpc) is 2.54. The summed E-state index contributed by atoms with van der Waals surface area (Å²) in [5.74, 6) is -0.383. The average molecular weight is 297 g/mol. The van der Waals surface area contributed by atoms with E-state index in [1.807, 2.05) is 6.07 Å². The molecular formula is C17H15NO4. The highest BCUT2D eigenvalue weighted by atomic mass is 16.5. The lowest BCUT2D eigenvalue weighted by molar-refractivity contribution is -0.131. The molecule has 0 aliphatic carbocycles. The summed E-state index contributed by atoms with van der Waals surface area (Å²) >= 11 is 0. The van der Waals surface area contributed by atoms with Crippen molar-refractivity contribution in [3.8, 4) is 5.75 Å². The van der Waals surface area contributed by atoms with E-state index in [4.69, 9.17) is 4.74 Å². The predicted molar refractivity (Wildman–Crippen MR) is 80.8 cm³/mol. The van der Waals surface area contributed by atoms with Gasteiger partial charge in [-0.15, -0.1) is 0 Å². The van der Waals surface area contributed by atoms with Crippen molar-refractivity contribution in [2.24, 2.45) is 0 Å². The Morgan fingerprint density at radius 3 is 2.50 bits per heavy atom. The molecule has 112 valence electrons. The number of esters is 1. The van der Waals surface area contributed by atoms with Gasteiger partial charge in [-0.2, -0.15) is 0 Å². The van der Waals surface area contributed by atoms with Gasteiger partial charge in [0.25, 0.3) is 5.91 Å². The molecule has 0 aliphatic heterocycles. The highest BCUT2D eigenvalue weighted by Gasteiger charge is 2.10. The van der Waals surface area contributed by atoms with Gasteiger partial charge in [-0.05, 0) is 30.3 Å². The van der Waals surface area contributed by atoms with Crippen LogP contribution >= 0.6 is 0 Å². The van der Waals surface area contributed by atoms with Crippen LogP contribution in [0.15, 0.2) is 48.5 Å². The molecule has 0 aliphatic rings. The topological polar surface area (TPSA) is 72.5 Å². The summed E-state index contributed by atoms with van der Waals surface area (Å²) in [5.41, 5.74) is 1.53. The Hall–Kier alpha value is -2.95. The molecule has 0 aromatic heterocycles. The van der Waals surface area contributed by atoms with Crippen LogP contribution in [0.5, 0.6) is 5.75 Å². The quantitative estimate of drug-likeness (QED) is 0.522. The summed E-state index contributed by atoms with van der Waals surface area (Å²) in [6.07, 6.45) is 0.695. The molecule has 0 unspecified atom stereocenters. The molecule has 22 heavy (non-hydrogen) atoms. The Kier molecular flexibility index (Phi) is 5.03. The van der Waals surface area contributed by atoms with Crippen LogP contribution in [0.25, 0.3) is 0 Å². The van der Waals surface area contributed by atoms with Crippen LogP contribution in [0, 0.1) is 0 Å². The number of amides is 1. The fraction of sp³-hybridized carbons (Fsp3) is 0.118. The third-order valence-electron chi connectivity index (χ3n) is 2.95. The van der Waals surface area contributed by atoms with Gasteiger partial charge in [0.05, 0.1) is 0 Å². The van der Waals surface area contributed by atoms with Gasteiger partial charge < -0.3 is 10.1 Å². The fourth-order valence-electron chi connectivity index (χ4n) is 1.93. The Morgan fingerprint density at radius 2 is 1.86 bits per heavy atom. The molecule has 2 aromatic rings. The highest BCUT2D eigenvalue weighted by molar-refractivity contribution is 5.94. The minimum Gasteiger partial charge on any atom is -0.426 e. The summed E-state index contributed by atoms with van der Waals surface area (Å²) < 4.78 is 5.08. The maximum atomic E-state index is 12.0. The first kappa shape index (κ1) is 15.4. The Morgan fingerprint density at radius 1 is 1.14 bits per heavy atom. The molecule has 0 bridgehead atoms. The monoisotopic (exact) mass is 297 g/mol. The van der Waals surface area contributed by atoms with Gasteiger partial charge in [0, 0.05) is 30.2 Å². The summed E-state index contributed by atoms with van der Waals surface area (Å²) in [7, 11) is 0. The van der Waals surface area contributed by atoms with E-state index >= 15 is 0 Å². The molecular weight excluding hydrogens is 282 g/mol. The molecule has 0 saturated carbocycles. The van der Waals surface area contributed by atoms with Crippen LogP contribution < -0.4 is 10.1 Å². The predicted octanol–water partition coefficient (Wildman–Crippen LogP) is 2.35. The van der Waals surface area contributed by atoms with Gasteiger partial charge in [-0.25, -0.2) is 0 Å². The Bertz CT molecular complexity index is 695. The highest BCUT2D eigenvalue weighted by Crippen LogP contribution is 2.20. The molecule has 2 aromatic carbocycles. The van der Waals surface area contributed by atoms with Gasteiger partial charge in [-0.1, -0.05) is 18.2 Å². The van der Waals surface area contributed by atoms with Crippen molar-refractivity contribution in [3.63, 3.8) is 0 Å². The van der Waals surface area contributed by atoms with Gasteiger partial charge in [-0.3, -0.25) is 14.4 Å². The summed E-state index contributed by atoms with van der Waals surface area (Å²) in [5, 5.41) is 2.73. The van der Waals surface area contributed by atoms with Crippen LogP contribution in [-0.2, 0) is 11.3 Å². The lowest BCUT2D eigenvalue weighted by atomic mass is 10.1. The number of ether oxygens (including phenoxy) is 1. The van der Waals surface area contributed by atoms with E-state index in [1.165, 1.54) is 13.0 Å². The van der Waals surface area contributed by atoms with E-state index in [0.717, 1.165) is 0 Å². The SMILES string of the molecule is CC(=O)Oc1ccc(C=O)cc1CNC(=O)c1ccccc1. The van der Waals surface area contributed by atoms with Crippen molar-refractivity contribution >= 4 is 18.2 Å². The van der Waals surface area contributed by atoms with Crippen molar-refractivity contribution in [2.75, 3.05) is 0 Å². The molecule has 2 rings (SSSR count). The van der Waals surface area contributed by atoms with E-state index < -0.39 is 5.97 Å². The maximum Gasteiger partial charge on any atom is 0.308 e. The number of carbonyl (C=O) groups is 3. The van der Waals surface area contributed by atoms with Crippen molar-refractivity contribution in [1.82, 2.24) is 5.32 Å². The second-order valence-electron chi connectivity index (χ2n) is 4.63. The van der Waals surface area contributed by atoms with Crippen LogP contribution in [-0.4, -0.2) is 18.2 Å². The van der Waals surface area contributed by atoms with Crippen LogP contribution in [0.2, 0.25) is 0 Å². The number of nitrogens with one attached hydrogen (secondary N) is 1. The standard InChI is InChI=1S/C17H15NO4/c1-12(20)22-16-8-7-13(11-19)9-15(16)10-18-17(21)14-5-3-2-4-6-14/h2-9,11H,10H2,1H3,(H,18,21). The van der Waals surface area contributed by atoms with Crippen molar-refractivity contribution in [1.29, 1.82) is 0 Å². The van der Waals surface area contributed by atoms with Crippen LogP contribution in [0.4, 0.5) is 0 Å². The first-order chi connectivity index (χ1) is 10.6. The first-order valence-electron chi connectivity index (χ1n) is 6.70. The molecule has 0 saturated heterocycles. The minimum atomic E-state index is -0.463. The third kappa shape index (κ3) is 4.02. The van der Waals surface area contributed by atoms with Crippen molar-refractivity contribution in [2.45, 2.75) is 13.5 Å². The van der Waals surface area contributed by atoms with Crippen LogP contribution in [0.1, 0.15) is 33.2 Å². The molecule has 0 atom stereocenters. The largest absolute Gasteiger partial charge is 0.426 e. The Labute approximate surface area is 127 Å². The molecule has 5 nitrogen and oxygen atoms in total. The molecule has 0 spiro atoms. The fourth-order valence-corrected chi connectivity index (χ4v) is 1.93. The molecule has 0 fully saturated rings. The minimum absolute atomic E-state index is 0.151. The second-order valence-corrected chi connectivity index (χ2v) is 4.63. The molecule has 5 heteroatoms. The number of carbonyl (C=O) groups excluding carboxylic acids is 3. The van der Waals surface area contributed by atoms with E-state index in [-0.39, 0.29) is 12.5 Å². The lowest BCUT2D eigenvalue weighted by Crippen LogP contribution is -2.23. The molecule has 0 heterocycles. The maximum absolute atomic E-state index is 12.0. The third-order valence-corrected chi connectivity index (χ3v) is 2.95. The van der Waals surface area contributed by atoms with E-state index in [9.17, 15) is 14.4 Å². The van der Waals surface area contributed by atoms with E-state index in [0.29, 0.717) is 28.7 Å². The van der Waals surface area contributed by atoms with Crippen molar-refractivity contribution < 1.29 is 19.1 Å². The lowest BCUT2D eigenvalue weighted by Gasteiger charge is -2.11. The van der Waals surface area contributed by atoms with Crippen molar-refractivity contribution in [3.05, 3.63) is 65.2 Å². The van der Waals surface area contributed by atoms with Gasteiger partial charge in [0.1, 0.15) is 12.0 Å². The summed E-state index contributed by atoms with van der Waals surface area (Å²) in [6, 6.07) is 13.4.